The molecule has 0 bridgehead atoms. The highest BCUT2D eigenvalue weighted by Crippen LogP contribution is 2.23. The number of rotatable bonds is 2. The summed E-state index contributed by atoms with van der Waals surface area (Å²) < 4.78 is 14.8. The quantitative estimate of drug-likeness (QED) is 0.853. The molecule has 1 aliphatic heterocycles. The van der Waals surface area contributed by atoms with Crippen molar-refractivity contribution in [3.05, 3.63) is 36.4 Å². The Kier molecular flexibility index (Phi) is 2.90. The number of carbonyl (C=O) groups is 2. The van der Waals surface area contributed by atoms with Crippen molar-refractivity contribution in [2.24, 2.45) is 0 Å². The molecule has 0 unspecified atom stereocenters. The van der Waals surface area contributed by atoms with E-state index in [1.165, 1.54) is 29.2 Å². The van der Waals surface area contributed by atoms with E-state index in [9.17, 15) is 14.0 Å². The second kappa shape index (κ2) is 4.72. The SMILES string of the molecule is O=C1C[C@H](C(=O)Nc2ccccc2F)n2ncnc2N1. The monoisotopic (exact) mass is 275 g/mol. The maximum absolute atomic E-state index is 13.5. The van der Waals surface area contributed by atoms with Gasteiger partial charge in [-0.3, -0.25) is 14.9 Å². The van der Waals surface area contributed by atoms with Crippen molar-refractivity contribution in [1.29, 1.82) is 0 Å². The second-order valence-electron chi connectivity index (χ2n) is 4.27. The zero-order valence-corrected chi connectivity index (χ0v) is 10.2. The molecule has 0 saturated carbocycles. The van der Waals surface area contributed by atoms with Crippen LogP contribution in [-0.4, -0.2) is 26.6 Å². The normalized spacial score (nSPS) is 17.2. The fraction of sp³-hybridized carbons (Fsp3) is 0.167. The van der Waals surface area contributed by atoms with Gasteiger partial charge in [0.15, 0.2) is 0 Å². The Labute approximate surface area is 112 Å². The van der Waals surface area contributed by atoms with Gasteiger partial charge in [-0.1, -0.05) is 12.1 Å². The van der Waals surface area contributed by atoms with Crippen molar-refractivity contribution >= 4 is 23.5 Å². The van der Waals surface area contributed by atoms with Crippen LogP contribution in [-0.2, 0) is 9.59 Å². The van der Waals surface area contributed by atoms with Crippen LogP contribution in [0.5, 0.6) is 0 Å². The third-order valence-corrected chi connectivity index (χ3v) is 2.93. The first-order valence-corrected chi connectivity index (χ1v) is 5.90. The number of nitrogens with zero attached hydrogens (tertiary/aromatic N) is 3. The topological polar surface area (TPSA) is 88.9 Å². The lowest BCUT2D eigenvalue weighted by Crippen LogP contribution is -2.36. The highest BCUT2D eigenvalue weighted by molar-refractivity contribution is 6.00. The van der Waals surface area contributed by atoms with Gasteiger partial charge in [-0.25, -0.2) is 9.07 Å². The molecule has 2 aromatic rings. The average Bonchev–Trinajstić information content (AvgIpc) is 2.88. The van der Waals surface area contributed by atoms with Gasteiger partial charge in [-0.15, -0.1) is 0 Å². The van der Waals surface area contributed by atoms with E-state index in [0.717, 1.165) is 0 Å². The fourth-order valence-corrected chi connectivity index (χ4v) is 1.99. The third kappa shape index (κ3) is 2.11. The van der Waals surface area contributed by atoms with Gasteiger partial charge in [-0.2, -0.15) is 10.1 Å². The van der Waals surface area contributed by atoms with Crippen molar-refractivity contribution in [2.75, 3.05) is 10.6 Å². The fourth-order valence-electron chi connectivity index (χ4n) is 1.99. The number of halogens is 1. The molecule has 0 spiro atoms. The Balaban J connectivity index is 1.85. The molecule has 102 valence electrons. The zero-order chi connectivity index (χ0) is 14.1. The van der Waals surface area contributed by atoms with E-state index < -0.39 is 17.8 Å². The first-order chi connectivity index (χ1) is 9.65. The Morgan fingerprint density at radius 3 is 3.05 bits per heavy atom. The number of amides is 2. The predicted molar refractivity (Wildman–Crippen MR) is 67.3 cm³/mol. The number of nitrogens with one attached hydrogen (secondary N) is 2. The van der Waals surface area contributed by atoms with Crippen molar-refractivity contribution in [3.63, 3.8) is 0 Å². The average molecular weight is 275 g/mol. The summed E-state index contributed by atoms with van der Waals surface area (Å²) >= 11 is 0. The van der Waals surface area contributed by atoms with E-state index in [-0.39, 0.29) is 24.0 Å². The van der Waals surface area contributed by atoms with Crippen LogP contribution in [0.1, 0.15) is 12.5 Å². The van der Waals surface area contributed by atoms with Crippen molar-refractivity contribution in [2.45, 2.75) is 12.5 Å². The first kappa shape index (κ1) is 12.3. The van der Waals surface area contributed by atoms with Crippen LogP contribution in [0.25, 0.3) is 0 Å². The molecule has 1 aromatic heterocycles. The van der Waals surface area contributed by atoms with Crippen LogP contribution >= 0.6 is 0 Å². The number of benzene rings is 1. The van der Waals surface area contributed by atoms with E-state index in [1.807, 2.05) is 0 Å². The van der Waals surface area contributed by atoms with Crippen molar-refractivity contribution in [3.8, 4) is 0 Å². The van der Waals surface area contributed by atoms with Gasteiger partial charge in [0.25, 0.3) is 0 Å². The maximum Gasteiger partial charge on any atom is 0.250 e. The van der Waals surface area contributed by atoms with E-state index in [4.69, 9.17) is 0 Å². The molecule has 2 amide bonds. The summed E-state index contributed by atoms with van der Waals surface area (Å²) in [6, 6.07) is 4.96. The molecule has 1 aliphatic rings. The second-order valence-corrected chi connectivity index (χ2v) is 4.27. The van der Waals surface area contributed by atoms with Gasteiger partial charge in [0, 0.05) is 0 Å². The molecule has 0 saturated heterocycles. The number of para-hydroxylation sites is 1. The Bertz CT molecular complexity index is 684. The summed E-state index contributed by atoms with van der Waals surface area (Å²) in [6.45, 7) is 0. The molecular formula is C12H10FN5O2. The summed E-state index contributed by atoms with van der Waals surface area (Å²) in [5.74, 6) is -1.19. The van der Waals surface area contributed by atoms with Crippen LogP contribution in [0.4, 0.5) is 16.0 Å². The minimum atomic E-state index is -0.846. The lowest BCUT2D eigenvalue weighted by atomic mass is 10.1. The number of hydrogen-bond acceptors (Lipinski definition) is 4. The van der Waals surface area contributed by atoms with Crippen LogP contribution in [0.3, 0.4) is 0 Å². The molecular weight excluding hydrogens is 265 g/mol. The molecule has 20 heavy (non-hydrogen) atoms. The third-order valence-electron chi connectivity index (χ3n) is 2.93. The van der Waals surface area contributed by atoms with E-state index in [1.54, 1.807) is 6.07 Å². The molecule has 2 heterocycles. The zero-order valence-electron chi connectivity index (χ0n) is 10.2. The smallest absolute Gasteiger partial charge is 0.250 e. The number of fused-ring (bicyclic) bond motifs is 1. The van der Waals surface area contributed by atoms with Gasteiger partial charge in [0.2, 0.25) is 17.8 Å². The van der Waals surface area contributed by atoms with Crippen molar-refractivity contribution < 1.29 is 14.0 Å². The Hall–Kier alpha value is -2.77. The highest BCUT2D eigenvalue weighted by Gasteiger charge is 2.32. The highest BCUT2D eigenvalue weighted by atomic mass is 19.1. The molecule has 2 N–H and O–H groups in total. The summed E-state index contributed by atoms with van der Waals surface area (Å²) in [7, 11) is 0. The van der Waals surface area contributed by atoms with E-state index in [2.05, 4.69) is 20.7 Å². The minimum absolute atomic E-state index is 0.0603. The summed E-state index contributed by atoms with van der Waals surface area (Å²) in [6.07, 6.45) is 1.17. The number of carbonyl (C=O) groups excluding carboxylic acids is 2. The predicted octanol–water partition coefficient (Wildman–Crippen LogP) is 0.939. The number of hydrogen-bond donors (Lipinski definition) is 2. The largest absolute Gasteiger partial charge is 0.322 e. The standard InChI is InChI=1S/C12H10FN5O2/c13-7-3-1-2-4-8(7)16-11(20)9-5-10(19)17-12-14-6-15-18(9)12/h1-4,6,9H,5H2,(H,16,20)(H,14,15,17,19)/t9-/m1/s1. The minimum Gasteiger partial charge on any atom is -0.322 e. The van der Waals surface area contributed by atoms with Crippen LogP contribution < -0.4 is 10.6 Å². The lowest BCUT2D eigenvalue weighted by molar-refractivity contribution is -0.125. The van der Waals surface area contributed by atoms with Gasteiger partial charge in [-0.05, 0) is 12.1 Å². The Morgan fingerprint density at radius 1 is 1.45 bits per heavy atom. The molecule has 1 atom stereocenters. The maximum atomic E-state index is 13.5. The number of anilines is 2. The molecule has 8 heteroatoms. The van der Waals surface area contributed by atoms with Crippen LogP contribution in [0.2, 0.25) is 0 Å². The summed E-state index contributed by atoms with van der Waals surface area (Å²) in [5.41, 5.74) is 0.0603. The van der Waals surface area contributed by atoms with Gasteiger partial charge >= 0.3 is 0 Å². The molecule has 1 aromatic carbocycles. The molecule has 0 aliphatic carbocycles. The summed E-state index contributed by atoms with van der Waals surface area (Å²) in [4.78, 5) is 27.5. The van der Waals surface area contributed by atoms with E-state index >= 15 is 0 Å². The van der Waals surface area contributed by atoms with Gasteiger partial charge in [0.1, 0.15) is 18.2 Å². The lowest BCUT2D eigenvalue weighted by Gasteiger charge is -2.22. The van der Waals surface area contributed by atoms with Gasteiger partial charge < -0.3 is 5.32 Å². The molecule has 7 nitrogen and oxygen atoms in total. The molecule has 0 radical (unpaired) electrons. The van der Waals surface area contributed by atoms with Crippen LogP contribution in [0, 0.1) is 5.82 Å². The Morgan fingerprint density at radius 2 is 2.25 bits per heavy atom. The summed E-state index contributed by atoms with van der Waals surface area (Å²) in [5, 5.41) is 8.84. The van der Waals surface area contributed by atoms with Crippen LogP contribution in [0.15, 0.2) is 30.6 Å². The molecule has 3 rings (SSSR count). The first-order valence-electron chi connectivity index (χ1n) is 5.90. The van der Waals surface area contributed by atoms with Crippen molar-refractivity contribution in [1.82, 2.24) is 14.8 Å². The van der Waals surface area contributed by atoms with E-state index in [0.29, 0.717) is 0 Å². The van der Waals surface area contributed by atoms with Gasteiger partial charge in [0.05, 0.1) is 12.1 Å². The molecule has 0 fully saturated rings. The number of aromatic nitrogens is 3.